The average Bonchev–Trinajstić information content (AvgIpc) is 3.07. The summed E-state index contributed by atoms with van der Waals surface area (Å²) in [6, 6.07) is 25.3. The van der Waals surface area contributed by atoms with E-state index < -0.39 is 0 Å². The molecule has 102 valence electrons. The van der Waals surface area contributed by atoms with Gasteiger partial charge in [0.15, 0.2) is 0 Å². The number of aromatic amines is 1. The van der Waals surface area contributed by atoms with Crippen LogP contribution in [0.2, 0.25) is 0 Å². The number of fused-ring (bicyclic) bond motifs is 2. The third-order valence-corrected chi connectivity index (χ3v) is 3.46. The Morgan fingerprint density at radius 2 is 1.14 bits per heavy atom. The maximum Gasteiger partial charge on any atom is 0.0374 e. The van der Waals surface area contributed by atoms with Gasteiger partial charge < -0.3 is 4.98 Å². The van der Waals surface area contributed by atoms with Gasteiger partial charge in [0, 0.05) is 11.9 Å². The molecule has 0 bridgehead atoms. The van der Waals surface area contributed by atoms with E-state index in [4.69, 9.17) is 0 Å². The standard InChI is InChI=1S/C14H10.C6H7N/c1-2-6-12-10-14-8-4-3-7-13(14)9-11(12)5-1;1-2-6-4-3-5-7-6/h1-10H;2-5,7H,1H2. The van der Waals surface area contributed by atoms with Crippen molar-refractivity contribution < 1.29 is 0 Å². The number of hydrogen-bond acceptors (Lipinski definition) is 0. The highest BCUT2D eigenvalue weighted by Crippen LogP contribution is 2.21. The second-order valence-corrected chi connectivity index (χ2v) is 4.88. The Labute approximate surface area is 124 Å². The zero-order valence-corrected chi connectivity index (χ0v) is 11.8. The quantitative estimate of drug-likeness (QED) is 0.430. The number of benzene rings is 3. The van der Waals surface area contributed by atoms with Crippen molar-refractivity contribution in [3.05, 3.63) is 91.3 Å². The summed E-state index contributed by atoms with van der Waals surface area (Å²) < 4.78 is 0. The van der Waals surface area contributed by atoms with E-state index >= 15 is 0 Å². The van der Waals surface area contributed by atoms with Crippen LogP contribution >= 0.6 is 0 Å². The highest BCUT2D eigenvalue weighted by molar-refractivity contribution is 5.98. The molecule has 0 aliphatic carbocycles. The molecule has 0 unspecified atom stereocenters. The topological polar surface area (TPSA) is 15.8 Å². The molecular weight excluding hydrogens is 254 g/mol. The van der Waals surface area contributed by atoms with Crippen LogP contribution in [0.5, 0.6) is 0 Å². The maximum absolute atomic E-state index is 3.57. The molecule has 1 aromatic heterocycles. The number of H-pyrrole nitrogens is 1. The van der Waals surface area contributed by atoms with Gasteiger partial charge in [0.2, 0.25) is 0 Å². The summed E-state index contributed by atoms with van der Waals surface area (Å²) in [5, 5.41) is 5.25. The van der Waals surface area contributed by atoms with Crippen LogP contribution in [0, 0.1) is 0 Å². The predicted molar refractivity (Wildman–Crippen MR) is 92.3 cm³/mol. The van der Waals surface area contributed by atoms with Crippen molar-refractivity contribution in [1.82, 2.24) is 4.98 Å². The Kier molecular flexibility index (Phi) is 3.83. The van der Waals surface area contributed by atoms with E-state index in [-0.39, 0.29) is 0 Å². The van der Waals surface area contributed by atoms with Crippen molar-refractivity contribution in [2.24, 2.45) is 0 Å². The first-order valence-electron chi connectivity index (χ1n) is 7.00. The van der Waals surface area contributed by atoms with Crippen LogP contribution in [-0.2, 0) is 0 Å². The molecule has 1 heterocycles. The third-order valence-electron chi connectivity index (χ3n) is 3.46. The first-order valence-corrected chi connectivity index (χ1v) is 7.00. The lowest BCUT2D eigenvalue weighted by Crippen LogP contribution is -1.74. The fourth-order valence-corrected chi connectivity index (χ4v) is 2.35. The summed E-state index contributed by atoms with van der Waals surface area (Å²) in [5.41, 5.74) is 1.07. The average molecular weight is 271 g/mol. The van der Waals surface area contributed by atoms with Crippen molar-refractivity contribution in [2.75, 3.05) is 0 Å². The summed E-state index contributed by atoms with van der Waals surface area (Å²) in [6.07, 6.45) is 3.65. The van der Waals surface area contributed by atoms with Gasteiger partial charge in [-0.05, 0) is 51.9 Å². The van der Waals surface area contributed by atoms with Gasteiger partial charge >= 0.3 is 0 Å². The summed E-state index contributed by atoms with van der Waals surface area (Å²) >= 11 is 0. The first kappa shape index (κ1) is 13.2. The number of rotatable bonds is 1. The number of nitrogens with one attached hydrogen (secondary N) is 1. The lowest BCUT2D eigenvalue weighted by molar-refractivity contribution is 1.38. The Bertz CT molecular complexity index is 752. The Morgan fingerprint density at radius 1 is 0.667 bits per heavy atom. The Balaban J connectivity index is 0.000000160. The molecule has 21 heavy (non-hydrogen) atoms. The molecule has 0 spiro atoms. The van der Waals surface area contributed by atoms with Crippen molar-refractivity contribution >= 4 is 27.6 Å². The molecule has 1 nitrogen and oxygen atoms in total. The Morgan fingerprint density at radius 3 is 1.43 bits per heavy atom. The summed E-state index contributed by atoms with van der Waals surface area (Å²) in [6.45, 7) is 3.57. The van der Waals surface area contributed by atoms with Crippen LogP contribution in [0.4, 0.5) is 0 Å². The molecular formula is C20H17N. The van der Waals surface area contributed by atoms with Crippen molar-refractivity contribution in [3.63, 3.8) is 0 Å². The minimum absolute atomic E-state index is 1.07. The second kappa shape index (κ2) is 6.10. The summed E-state index contributed by atoms with van der Waals surface area (Å²) in [5.74, 6) is 0. The summed E-state index contributed by atoms with van der Waals surface area (Å²) in [7, 11) is 0. The smallest absolute Gasteiger partial charge is 0.0374 e. The van der Waals surface area contributed by atoms with Gasteiger partial charge in [0.05, 0.1) is 0 Å². The van der Waals surface area contributed by atoms with E-state index in [0.717, 1.165) is 5.69 Å². The molecule has 4 aromatic rings. The molecule has 0 aliphatic heterocycles. The van der Waals surface area contributed by atoms with Crippen molar-refractivity contribution in [2.45, 2.75) is 0 Å². The van der Waals surface area contributed by atoms with Gasteiger partial charge in [0.1, 0.15) is 0 Å². The van der Waals surface area contributed by atoms with Crippen LogP contribution in [-0.4, -0.2) is 4.98 Å². The van der Waals surface area contributed by atoms with Gasteiger partial charge in [-0.1, -0.05) is 55.1 Å². The molecule has 0 aliphatic rings. The normalized spacial score (nSPS) is 10.1. The fraction of sp³-hybridized carbons (Fsp3) is 0. The zero-order valence-electron chi connectivity index (χ0n) is 11.8. The lowest BCUT2D eigenvalue weighted by atomic mass is 10.0. The third kappa shape index (κ3) is 3.03. The molecule has 1 heteroatoms. The highest BCUT2D eigenvalue weighted by atomic mass is 14.7. The predicted octanol–water partition coefficient (Wildman–Crippen LogP) is 5.65. The molecule has 4 rings (SSSR count). The van der Waals surface area contributed by atoms with Crippen LogP contribution < -0.4 is 0 Å². The molecule has 0 fully saturated rings. The van der Waals surface area contributed by atoms with E-state index in [9.17, 15) is 0 Å². The SMILES string of the molecule is C=Cc1ccc[nH]1.c1ccc2cc3ccccc3cc2c1. The van der Waals surface area contributed by atoms with E-state index in [1.165, 1.54) is 21.5 Å². The van der Waals surface area contributed by atoms with Crippen molar-refractivity contribution in [1.29, 1.82) is 0 Å². The van der Waals surface area contributed by atoms with Gasteiger partial charge in [-0.25, -0.2) is 0 Å². The number of aromatic nitrogens is 1. The molecule has 0 saturated carbocycles. The van der Waals surface area contributed by atoms with E-state index in [1.807, 2.05) is 18.3 Å². The summed E-state index contributed by atoms with van der Waals surface area (Å²) in [4.78, 5) is 2.97. The molecule has 0 atom stereocenters. The molecule has 0 radical (unpaired) electrons. The monoisotopic (exact) mass is 271 g/mol. The van der Waals surface area contributed by atoms with Gasteiger partial charge in [-0.15, -0.1) is 0 Å². The Hall–Kier alpha value is -2.80. The molecule has 0 amide bonds. The van der Waals surface area contributed by atoms with Crippen LogP contribution in [0.3, 0.4) is 0 Å². The van der Waals surface area contributed by atoms with Crippen molar-refractivity contribution in [3.8, 4) is 0 Å². The fourth-order valence-electron chi connectivity index (χ4n) is 2.35. The second-order valence-electron chi connectivity index (χ2n) is 4.88. The van der Waals surface area contributed by atoms with Gasteiger partial charge in [-0.2, -0.15) is 0 Å². The highest BCUT2D eigenvalue weighted by Gasteiger charge is 1.95. The van der Waals surface area contributed by atoms with E-state index in [2.05, 4.69) is 72.2 Å². The van der Waals surface area contributed by atoms with E-state index in [1.54, 1.807) is 6.08 Å². The maximum atomic E-state index is 3.57. The zero-order chi connectivity index (χ0) is 14.5. The van der Waals surface area contributed by atoms with E-state index in [0.29, 0.717) is 0 Å². The minimum Gasteiger partial charge on any atom is -0.362 e. The molecule has 1 N–H and O–H groups in total. The van der Waals surface area contributed by atoms with Gasteiger partial charge in [-0.3, -0.25) is 0 Å². The molecule has 0 saturated heterocycles. The van der Waals surface area contributed by atoms with Crippen LogP contribution in [0.25, 0.3) is 27.6 Å². The minimum atomic E-state index is 1.07. The lowest BCUT2D eigenvalue weighted by Gasteiger charge is -2.00. The molecule has 3 aromatic carbocycles. The largest absolute Gasteiger partial charge is 0.362 e. The number of hydrogen-bond donors (Lipinski definition) is 1. The van der Waals surface area contributed by atoms with Crippen LogP contribution in [0.15, 0.2) is 85.6 Å². The first-order chi connectivity index (χ1) is 10.4. The van der Waals surface area contributed by atoms with Gasteiger partial charge in [0.25, 0.3) is 0 Å². The van der Waals surface area contributed by atoms with Crippen LogP contribution in [0.1, 0.15) is 5.69 Å².